The van der Waals surface area contributed by atoms with Crippen LogP contribution in [0.3, 0.4) is 0 Å². The molecule has 1 aliphatic carbocycles. The zero-order valence-corrected chi connectivity index (χ0v) is 12.9. The first-order valence-electron chi connectivity index (χ1n) is 5.53. The molecular formula is C13H14Br2S. The maximum absolute atomic E-state index is 3.79. The first-order valence-corrected chi connectivity index (χ1v) is 8.05. The van der Waals surface area contributed by atoms with Gasteiger partial charge in [-0.25, -0.2) is 0 Å². The minimum Gasteiger partial charge on any atom is -0.0925 e. The van der Waals surface area contributed by atoms with Crippen LogP contribution >= 0.6 is 43.6 Å². The molecule has 0 fully saturated rings. The highest BCUT2D eigenvalue weighted by Crippen LogP contribution is 2.41. The van der Waals surface area contributed by atoms with E-state index in [1.807, 2.05) is 11.8 Å². The van der Waals surface area contributed by atoms with Gasteiger partial charge in [0.15, 0.2) is 0 Å². The van der Waals surface area contributed by atoms with Gasteiger partial charge in [0, 0.05) is 19.1 Å². The molecule has 0 N–H and O–H groups in total. The van der Waals surface area contributed by atoms with Crippen LogP contribution in [0.2, 0.25) is 0 Å². The van der Waals surface area contributed by atoms with Crippen molar-refractivity contribution in [2.45, 2.75) is 35.4 Å². The normalized spacial score (nSPS) is 22.0. The third-order valence-corrected chi connectivity index (χ3v) is 6.19. The summed E-state index contributed by atoms with van der Waals surface area (Å²) >= 11 is 9.41. The lowest BCUT2D eigenvalue weighted by Gasteiger charge is -2.13. The predicted octanol–water partition coefficient (Wildman–Crippen LogP) is 5.72. The number of benzene rings is 1. The van der Waals surface area contributed by atoms with Crippen molar-refractivity contribution in [2.24, 2.45) is 0 Å². The van der Waals surface area contributed by atoms with E-state index >= 15 is 0 Å². The van der Waals surface area contributed by atoms with Gasteiger partial charge in [-0.2, -0.15) is 0 Å². The molecule has 0 amide bonds. The molecule has 16 heavy (non-hydrogen) atoms. The average molecular weight is 362 g/mol. The zero-order chi connectivity index (χ0) is 11.4. The Kier molecular flexibility index (Phi) is 4.98. The molecule has 0 aromatic heterocycles. The Labute approximate surface area is 118 Å². The summed E-state index contributed by atoms with van der Waals surface area (Å²) in [5, 5.41) is 0. The second kappa shape index (κ2) is 6.27. The van der Waals surface area contributed by atoms with Gasteiger partial charge in [0.25, 0.3) is 0 Å². The lowest BCUT2D eigenvalue weighted by molar-refractivity contribution is 0.725. The van der Waals surface area contributed by atoms with Crippen molar-refractivity contribution < 1.29 is 0 Å². The van der Waals surface area contributed by atoms with E-state index in [0.29, 0.717) is 4.83 Å². The molecule has 1 aromatic rings. The highest BCUT2D eigenvalue weighted by molar-refractivity contribution is 9.12. The van der Waals surface area contributed by atoms with Crippen molar-refractivity contribution in [3.8, 4) is 0 Å². The van der Waals surface area contributed by atoms with Crippen LogP contribution < -0.4 is 0 Å². The van der Waals surface area contributed by atoms with Crippen LogP contribution in [0.1, 0.15) is 25.7 Å². The maximum Gasteiger partial charge on any atom is 0.0466 e. The van der Waals surface area contributed by atoms with Crippen molar-refractivity contribution in [1.29, 1.82) is 0 Å². The average Bonchev–Trinajstić information content (AvgIpc) is 2.46. The van der Waals surface area contributed by atoms with Crippen LogP contribution in [0.25, 0.3) is 0 Å². The number of alkyl halides is 1. The van der Waals surface area contributed by atoms with E-state index in [9.17, 15) is 0 Å². The highest BCUT2D eigenvalue weighted by atomic mass is 79.9. The van der Waals surface area contributed by atoms with E-state index < -0.39 is 0 Å². The smallest absolute Gasteiger partial charge is 0.0466 e. The summed E-state index contributed by atoms with van der Waals surface area (Å²) in [6.45, 7) is 0. The van der Waals surface area contributed by atoms with Crippen LogP contribution in [-0.2, 0) is 0 Å². The molecular weight excluding hydrogens is 348 g/mol. The fraction of sp³-hybridized carbons (Fsp3) is 0.385. The van der Waals surface area contributed by atoms with Gasteiger partial charge in [0.2, 0.25) is 0 Å². The molecule has 1 atom stereocenters. The molecule has 0 radical (unpaired) electrons. The molecule has 0 aliphatic heterocycles. The van der Waals surface area contributed by atoms with Crippen LogP contribution in [0.5, 0.6) is 0 Å². The van der Waals surface area contributed by atoms with Crippen molar-refractivity contribution in [3.05, 3.63) is 39.7 Å². The second-order valence-corrected chi connectivity index (χ2v) is 7.08. The van der Waals surface area contributed by atoms with Crippen molar-refractivity contribution in [2.75, 3.05) is 0 Å². The first kappa shape index (κ1) is 12.7. The molecule has 3 heteroatoms. The standard InChI is InChI=1S/C13H14Br2S/c14-11-8-4-5-9-12(15)13(11)16-10-6-2-1-3-7-10/h1-3,6-7,11H,4-5,8-9H2. The minimum absolute atomic E-state index is 0.509. The number of thioether (sulfide) groups is 1. The number of hydrogen-bond acceptors (Lipinski definition) is 1. The van der Waals surface area contributed by atoms with Crippen molar-refractivity contribution in [3.63, 3.8) is 0 Å². The fourth-order valence-electron chi connectivity index (χ4n) is 1.76. The topological polar surface area (TPSA) is 0 Å². The summed E-state index contributed by atoms with van der Waals surface area (Å²) in [4.78, 5) is 3.28. The lowest BCUT2D eigenvalue weighted by Crippen LogP contribution is -1.98. The summed E-state index contributed by atoms with van der Waals surface area (Å²) < 4.78 is 1.38. The van der Waals surface area contributed by atoms with Gasteiger partial charge in [-0.15, -0.1) is 0 Å². The second-order valence-electron chi connectivity index (χ2n) is 3.90. The van der Waals surface area contributed by atoms with Crippen LogP contribution in [0.4, 0.5) is 0 Å². The molecule has 0 nitrogen and oxygen atoms in total. The zero-order valence-electron chi connectivity index (χ0n) is 8.96. The monoisotopic (exact) mass is 360 g/mol. The summed E-state index contributed by atoms with van der Waals surface area (Å²) in [5.74, 6) is 0. The number of rotatable bonds is 2. The molecule has 0 heterocycles. The van der Waals surface area contributed by atoms with Crippen molar-refractivity contribution >= 4 is 43.6 Å². The molecule has 0 saturated heterocycles. The summed E-state index contributed by atoms with van der Waals surface area (Å²) in [5.41, 5.74) is 0. The van der Waals surface area contributed by atoms with Gasteiger partial charge < -0.3 is 0 Å². The highest BCUT2D eigenvalue weighted by Gasteiger charge is 2.18. The number of hydrogen-bond donors (Lipinski definition) is 0. The predicted molar refractivity (Wildman–Crippen MR) is 79.4 cm³/mol. The van der Waals surface area contributed by atoms with E-state index in [-0.39, 0.29) is 0 Å². The van der Waals surface area contributed by atoms with Gasteiger partial charge in [-0.1, -0.05) is 68.2 Å². The summed E-state index contributed by atoms with van der Waals surface area (Å²) in [6, 6.07) is 10.6. The van der Waals surface area contributed by atoms with Gasteiger partial charge in [0.1, 0.15) is 0 Å². The molecule has 1 unspecified atom stereocenters. The van der Waals surface area contributed by atoms with Gasteiger partial charge >= 0.3 is 0 Å². The maximum atomic E-state index is 3.79. The Bertz CT molecular complexity index is 373. The Balaban J connectivity index is 2.18. The molecule has 0 spiro atoms. The van der Waals surface area contributed by atoms with E-state index in [1.54, 1.807) is 0 Å². The Morgan fingerprint density at radius 1 is 1.12 bits per heavy atom. The van der Waals surface area contributed by atoms with Crippen LogP contribution in [-0.4, -0.2) is 4.83 Å². The summed E-state index contributed by atoms with van der Waals surface area (Å²) in [7, 11) is 0. The molecule has 2 rings (SSSR count). The Morgan fingerprint density at radius 2 is 1.88 bits per heavy atom. The van der Waals surface area contributed by atoms with Crippen molar-refractivity contribution in [1.82, 2.24) is 0 Å². The van der Waals surface area contributed by atoms with E-state index in [0.717, 1.165) is 0 Å². The fourth-order valence-corrected chi connectivity index (χ4v) is 4.76. The van der Waals surface area contributed by atoms with E-state index in [4.69, 9.17) is 0 Å². The summed E-state index contributed by atoms with van der Waals surface area (Å²) in [6.07, 6.45) is 5.02. The van der Waals surface area contributed by atoms with E-state index in [2.05, 4.69) is 62.2 Å². The quantitative estimate of drug-likeness (QED) is 0.606. The van der Waals surface area contributed by atoms with E-state index in [1.165, 1.54) is 40.0 Å². The van der Waals surface area contributed by atoms with Gasteiger partial charge in [-0.3, -0.25) is 0 Å². The van der Waals surface area contributed by atoms with Gasteiger partial charge in [0.05, 0.1) is 0 Å². The molecule has 86 valence electrons. The molecule has 1 aliphatic rings. The Morgan fingerprint density at radius 3 is 2.62 bits per heavy atom. The lowest BCUT2D eigenvalue weighted by atomic mass is 10.2. The molecule has 0 bridgehead atoms. The number of allylic oxidation sites excluding steroid dienone is 2. The number of halogens is 2. The van der Waals surface area contributed by atoms with Crippen LogP contribution in [0.15, 0.2) is 44.6 Å². The molecule has 0 saturated carbocycles. The Hall–Kier alpha value is 0.270. The van der Waals surface area contributed by atoms with Gasteiger partial charge in [-0.05, 0) is 31.4 Å². The third-order valence-electron chi connectivity index (χ3n) is 2.63. The first-order chi connectivity index (χ1) is 7.77. The SMILES string of the molecule is BrC1=C(Sc2ccccc2)C(Br)CCCC1. The minimum atomic E-state index is 0.509. The largest absolute Gasteiger partial charge is 0.0925 e. The molecule has 1 aromatic carbocycles. The van der Waals surface area contributed by atoms with Crippen LogP contribution in [0, 0.1) is 0 Å². The third kappa shape index (κ3) is 3.38.